The maximum absolute atomic E-state index is 12.8. The van der Waals surface area contributed by atoms with Crippen molar-refractivity contribution in [3.8, 4) is 0 Å². The van der Waals surface area contributed by atoms with E-state index in [0.717, 1.165) is 27.2 Å². The number of hydrogen-bond donors (Lipinski definition) is 0. The molecule has 0 fully saturated rings. The van der Waals surface area contributed by atoms with Crippen LogP contribution in [0, 0.1) is 5.82 Å². The first-order valence-corrected chi connectivity index (χ1v) is 8.43. The Morgan fingerprint density at radius 1 is 1.21 bits per heavy atom. The van der Waals surface area contributed by atoms with Gasteiger partial charge in [-0.15, -0.1) is 0 Å². The average molecular weight is 365 g/mol. The van der Waals surface area contributed by atoms with Crippen LogP contribution in [0.25, 0.3) is 0 Å². The smallest absolute Gasteiger partial charge is 0.325 e. The van der Waals surface area contributed by atoms with Crippen LogP contribution < -0.4 is 0 Å². The van der Waals surface area contributed by atoms with Crippen LogP contribution in [-0.4, -0.2) is 35.5 Å². The molecule has 1 heterocycles. The Bertz CT molecular complexity index is 785. The number of hydrogen-bond acceptors (Lipinski definition) is 3. The second-order valence-electron chi connectivity index (χ2n) is 5.23. The first-order chi connectivity index (χ1) is 11.1. The SMILES string of the molecule is CN(Cc1nccn1CC(F)(F)F)S(=O)(=O)Cc1ccc(F)cc1. The molecule has 0 aliphatic rings. The summed E-state index contributed by atoms with van der Waals surface area (Å²) in [6, 6.07) is 4.96. The number of benzene rings is 1. The zero-order valence-corrected chi connectivity index (χ0v) is 13.5. The van der Waals surface area contributed by atoms with Crippen LogP contribution in [0.4, 0.5) is 17.6 Å². The predicted molar refractivity (Wildman–Crippen MR) is 78.8 cm³/mol. The lowest BCUT2D eigenvalue weighted by atomic mass is 10.2. The normalized spacial score (nSPS) is 12.8. The molecule has 0 atom stereocenters. The summed E-state index contributed by atoms with van der Waals surface area (Å²) in [5.41, 5.74) is 0.377. The van der Waals surface area contributed by atoms with E-state index in [-0.39, 0.29) is 18.1 Å². The highest BCUT2D eigenvalue weighted by Gasteiger charge is 2.29. The summed E-state index contributed by atoms with van der Waals surface area (Å²) in [5.74, 6) is -0.889. The van der Waals surface area contributed by atoms with Crippen LogP contribution in [0.5, 0.6) is 0 Å². The zero-order chi connectivity index (χ0) is 18.0. The summed E-state index contributed by atoms with van der Waals surface area (Å²) in [6.45, 7) is -1.54. The topological polar surface area (TPSA) is 55.2 Å². The number of rotatable bonds is 6. The standard InChI is InChI=1S/C14H15F4N3O2S/c1-20(8-13-19-6-7-21(13)10-14(16,17)18)24(22,23)9-11-2-4-12(15)5-3-11/h2-7H,8-10H2,1H3. The van der Waals surface area contributed by atoms with Crippen molar-refractivity contribution in [2.75, 3.05) is 7.05 Å². The monoisotopic (exact) mass is 365 g/mol. The Labute approximate surface area is 136 Å². The van der Waals surface area contributed by atoms with Gasteiger partial charge in [0.05, 0.1) is 12.3 Å². The van der Waals surface area contributed by atoms with Gasteiger partial charge in [0.2, 0.25) is 10.0 Å². The van der Waals surface area contributed by atoms with E-state index in [2.05, 4.69) is 4.98 Å². The zero-order valence-electron chi connectivity index (χ0n) is 12.7. The molecule has 10 heteroatoms. The van der Waals surface area contributed by atoms with Gasteiger partial charge in [0.25, 0.3) is 0 Å². The lowest BCUT2D eigenvalue weighted by Gasteiger charge is -2.18. The second-order valence-corrected chi connectivity index (χ2v) is 7.30. The number of nitrogens with zero attached hydrogens (tertiary/aromatic N) is 3. The van der Waals surface area contributed by atoms with E-state index in [0.29, 0.717) is 5.56 Å². The van der Waals surface area contributed by atoms with Crippen LogP contribution >= 0.6 is 0 Å². The third-order valence-electron chi connectivity index (χ3n) is 3.25. The molecule has 0 radical (unpaired) electrons. The Hall–Kier alpha value is -1.94. The molecule has 0 unspecified atom stereocenters. The molecule has 0 aliphatic carbocycles. The number of imidazole rings is 1. The van der Waals surface area contributed by atoms with E-state index in [9.17, 15) is 26.0 Å². The molecule has 0 spiro atoms. The van der Waals surface area contributed by atoms with Crippen molar-refractivity contribution < 1.29 is 26.0 Å². The van der Waals surface area contributed by atoms with Gasteiger partial charge >= 0.3 is 6.18 Å². The fraction of sp³-hybridized carbons (Fsp3) is 0.357. The van der Waals surface area contributed by atoms with Gasteiger partial charge in [-0.2, -0.15) is 17.5 Å². The summed E-state index contributed by atoms with van der Waals surface area (Å²) in [7, 11) is -2.53. The Morgan fingerprint density at radius 3 is 2.42 bits per heavy atom. The van der Waals surface area contributed by atoms with Crippen molar-refractivity contribution >= 4 is 10.0 Å². The van der Waals surface area contributed by atoms with Crippen molar-refractivity contribution in [2.45, 2.75) is 25.0 Å². The van der Waals surface area contributed by atoms with Crippen molar-refractivity contribution in [3.63, 3.8) is 0 Å². The molecule has 5 nitrogen and oxygen atoms in total. The number of sulfonamides is 1. The maximum Gasteiger partial charge on any atom is 0.406 e. The third kappa shape index (κ3) is 5.03. The molecule has 0 N–H and O–H groups in total. The molecule has 0 amide bonds. The molecule has 0 aliphatic heterocycles. The molecule has 2 aromatic rings. The molecule has 0 saturated carbocycles. The predicted octanol–water partition coefficient (Wildman–Crippen LogP) is 2.55. The average Bonchev–Trinajstić information content (AvgIpc) is 2.86. The summed E-state index contributed by atoms with van der Waals surface area (Å²) < 4.78 is 76.6. The van der Waals surface area contributed by atoms with E-state index >= 15 is 0 Å². The molecular weight excluding hydrogens is 350 g/mol. The van der Waals surface area contributed by atoms with Gasteiger partial charge in [0.15, 0.2) is 0 Å². The lowest BCUT2D eigenvalue weighted by Crippen LogP contribution is -2.30. The number of aromatic nitrogens is 2. The quantitative estimate of drug-likeness (QED) is 0.740. The molecule has 0 saturated heterocycles. The highest BCUT2D eigenvalue weighted by Crippen LogP contribution is 2.19. The molecule has 0 bridgehead atoms. The highest BCUT2D eigenvalue weighted by atomic mass is 32.2. The van der Waals surface area contributed by atoms with Crippen molar-refractivity contribution in [1.29, 1.82) is 0 Å². The van der Waals surface area contributed by atoms with Gasteiger partial charge in [0, 0.05) is 19.4 Å². The van der Waals surface area contributed by atoms with Gasteiger partial charge in [-0.1, -0.05) is 12.1 Å². The summed E-state index contributed by atoms with van der Waals surface area (Å²) in [5, 5.41) is 0. The van der Waals surface area contributed by atoms with Crippen LogP contribution in [0.3, 0.4) is 0 Å². The fourth-order valence-electron chi connectivity index (χ4n) is 2.03. The fourth-order valence-corrected chi connectivity index (χ4v) is 3.17. The lowest BCUT2D eigenvalue weighted by molar-refractivity contribution is -0.141. The maximum atomic E-state index is 12.8. The van der Waals surface area contributed by atoms with Crippen molar-refractivity contribution in [1.82, 2.24) is 13.9 Å². The van der Waals surface area contributed by atoms with Crippen molar-refractivity contribution in [2.24, 2.45) is 0 Å². The van der Waals surface area contributed by atoms with Crippen molar-refractivity contribution in [3.05, 3.63) is 53.9 Å². The number of halogens is 4. The summed E-state index contributed by atoms with van der Waals surface area (Å²) in [4.78, 5) is 3.78. The van der Waals surface area contributed by atoms with Gasteiger partial charge in [-0.25, -0.2) is 17.8 Å². The molecule has 1 aromatic heterocycles. The van der Waals surface area contributed by atoms with Gasteiger partial charge in [0.1, 0.15) is 18.2 Å². The summed E-state index contributed by atoms with van der Waals surface area (Å²) in [6.07, 6.45) is -2.11. The van der Waals surface area contributed by atoms with E-state index in [1.165, 1.54) is 25.4 Å². The van der Waals surface area contributed by atoms with Gasteiger partial charge < -0.3 is 4.57 Å². The van der Waals surface area contributed by atoms with Gasteiger partial charge in [-0.05, 0) is 17.7 Å². The van der Waals surface area contributed by atoms with Crippen LogP contribution in [0.1, 0.15) is 11.4 Å². The first kappa shape index (κ1) is 18.4. The number of alkyl halides is 3. The Balaban J connectivity index is 2.10. The van der Waals surface area contributed by atoms with Crippen LogP contribution in [-0.2, 0) is 28.9 Å². The first-order valence-electron chi connectivity index (χ1n) is 6.82. The van der Waals surface area contributed by atoms with E-state index in [4.69, 9.17) is 0 Å². The Kier molecular flexibility index (Phi) is 5.29. The highest BCUT2D eigenvalue weighted by molar-refractivity contribution is 7.88. The minimum atomic E-state index is -4.43. The minimum Gasteiger partial charge on any atom is -0.325 e. The van der Waals surface area contributed by atoms with Crippen LogP contribution in [0.15, 0.2) is 36.7 Å². The van der Waals surface area contributed by atoms with E-state index < -0.39 is 28.6 Å². The molecule has 1 aromatic carbocycles. The summed E-state index contributed by atoms with van der Waals surface area (Å²) >= 11 is 0. The molecular formula is C14H15F4N3O2S. The minimum absolute atomic E-state index is 0.0162. The second kappa shape index (κ2) is 6.89. The Morgan fingerprint density at radius 2 is 1.83 bits per heavy atom. The largest absolute Gasteiger partial charge is 0.406 e. The van der Waals surface area contributed by atoms with E-state index in [1.807, 2.05) is 0 Å². The molecule has 24 heavy (non-hydrogen) atoms. The molecule has 2 rings (SSSR count). The van der Waals surface area contributed by atoms with Gasteiger partial charge in [-0.3, -0.25) is 0 Å². The molecule has 132 valence electrons. The third-order valence-corrected chi connectivity index (χ3v) is 5.03. The van der Waals surface area contributed by atoms with Crippen LogP contribution in [0.2, 0.25) is 0 Å². The van der Waals surface area contributed by atoms with E-state index in [1.54, 1.807) is 0 Å².